The molecule has 0 unspecified atom stereocenters. The van der Waals surface area contributed by atoms with Crippen molar-refractivity contribution < 1.29 is 14.6 Å². The zero-order chi connectivity index (χ0) is 22.4. The van der Waals surface area contributed by atoms with Gasteiger partial charge in [-0.1, -0.05) is 23.9 Å². The average molecular weight is 444 g/mol. The Bertz CT molecular complexity index is 1120. The molecule has 0 bridgehead atoms. The second-order valence-corrected chi connectivity index (χ2v) is 8.38. The van der Waals surface area contributed by atoms with Crippen molar-refractivity contribution in [1.29, 1.82) is 0 Å². The van der Waals surface area contributed by atoms with Crippen LogP contribution < -0.4 is 5.56 Å². The molecule has 0 radical (unpaired) electrons. The van der Waals surface area contributed by atoms with E-state index in [1.54, 1.807) is 29.9 Å². The summed E-state index contributed by atoms with van der Waals surface area (Å²) in [5.74, 6) is 0.193. The fourth-order valence-corrected chi connectivity index (χ4v) is 4.59. The van der Waals surface area contributed by atoms with E-state index >= 15 is 0 Å². The van der Waals surface area contributed by atoms with Crippen LogP contribution in [-0.4, -0.2) is 51.1 Å². The number of para-hydroxylation sites is 1. The Morgan fingerprint density at radius 3 is 2.65 bits per heavy atom. The van der Waals surface area contributed by atoms with Crippen LogP contribution in [-0.2, 0) is 17.8 Å². The van der Waals surface area contributed by atoms with Crippen molar-refractivity contribution in [3.05, 3.63) is 57.6 Å². The van der Waals surface area contributed by atoms with Crippen LogP contribution in [0.15, 0.2) is 40.3 Å². The standard InChI is InChI=1S/C23H29N3O4S/c1-16-14-19(17(2)25(16)11-7-13-30-3)21(28)15-31-23-24-20-9-5-4-8-18(20)22(29)26(23)10-6-12-27/h4-5,8-9,14,27H,6-7,10-13,15H2,1-3H3. The van der Waals surface area contributed by atoms with Crippen LogP contribution in [0.25, 0.3) is 10.9 Å². The molecule has 1 N–H and O–H groups in total. The maximum Gasteiger partial charge on any atom is 0.262 e. The first kappa shape index (κ1) is 23.2. The summed E-state index contributed by atoms with van der Waals surface area (Å²) < 4.78 is 8.83. The fourth-order valence-electron chi connectivity index (χ4n) is 3.69. The van der Waals surface area contributed by atoms with E-state index in [-0.39, 0.29) is 23.7 Å². The average Bonchev–Trinajstić information content (AvgIpc) is 3.05. The van der Waals surface area contributed by atoms with Gasteiger partial charge in [0.1, 0.15) is 0 Å². The summed E-state index contributed by atoms with van der Waals surface area (Å²) in [5, 5.41) is 10.3. The number of benzene rings is 1. The minimum absolute atomic E-state index is 0.00667. The van der Waals surface area contributed by atoms with Crippen LogP contribution in [0, 0.1) is 13.8 Å². The Kier molecular flexibility index (Phi) is 8.06. The maximum atomic E-state index is 13.0. The Morgan fingerprint density at radius 2 is 1.90 bits per heavy atom. The topological polar surface area (TPSA) is 86.4 Å². The van der Waals surface area contributed by atoms with E-state index in [9.17, 15) is 14.7 Å². The van der Waals surface area contributed by atoms with Gasteiger partial charge in [0.2, 0.25) is 0 Å². The van der Waals surface area contributed by atoms with Gasteiger partial charge in [-0.25, -0.2) is 4.98 Å². The van der Waals surface area contributed by atoms with E-state index in [1.165, 1.54) is 11.8 Å². The number of Topliss-reactive ketones (excluding diaryl/α,β-unsaturated/α-hetero) is 1. The summed E-state index contributed by atoms with van der Waals surface area (Å²) >= 11 is 1.27. The van der Waals surface area contributed by atoms with Crippen LogP contribution in [0.3, 0.4) is 0 Å². The highest BCUT2D eigenvalue weighted by Gasteiger charge is 2.18. The molecule has 7 nitrogen and oxygen atoms in total. The Morgan fingerprint density at radius 1 is 1.16 bits per heavy atom. The monoisotopic (exact) mass is 443 g/mol. The van der Waals surface area contributed by atoms with Crippen LogP contribution in [0.2, 0.25) is 0 Å². The molecule has 0 amide bonds. The third-order valence-corrected chi connectivity index (χ3v) is 6.28. The van der Waals surface area contributed by atoms with Gasteiger partial charge in [0, 0.05) is 50.4 Å². The number of carbonyl (C=O) groups excluding carboxylic acids is 1. The van der Waals surface area contributed by atoms with Crippen LogP contribution >= 0.6 is 11.8 Å². The first-order chi connectivity index (χ1) is 15.0. The molecule has 0 aliphatic heterocycles. The molecule has 3 aromatic rings. The van der Waals surface area contributed by atoms with Crippen molar-refractivity contribution in [2.75, 3.05) is 26.1 Å². The number of aryl methyl sites for hydroxylation is 1. The number of aromatic nitrogens is 3. The molecule has 2 aromatic heterocycles. The summed E-state index contributed by atoms with van der Waals surface area (Å²) in [6.45, 7) is 5.79. The highest BCUT2D eigenvalue weighted by atomic mass is 32.2. The van der Waals surface area contributed by atoms with Crippen LogP contribution in [0.5, 0.6) is 0 Å². The molecule has 0 saturated carbocycles. The molecule has 1 aromatic carbocycles. The summed E-state index contributed by atoms with van der Waals surface area (Å²) in [6.07, 6.45) is 1.33. The van der Waals surface area contributed by atoms with Crippen molar-refractivity contribution in [3.63, 3.8) is 0 Å². The lowest BCUT2D eigenvalue weighted by Gasteiger charge is -2.12. The zero-order valence-corrected chi connectivity index (χ0v) is 19.1. The second-order valence-electron chi connectivity index (χ2n) is 7.44. The van der Waals surface area contributed by atoms with E-state index < -0.39 is 0 Å². The van der Waals surface area contributed by atoms with Crippen molar-refractivity contribution >= 4 is 28.4 Å². The number of carbonyl (C=O) groups is 1. The minimum atomic E-state index is -0.148. The predicted molar refractivity (Wildman–Crippen MR) is 123 cm³/mol. The van der Waals surface area contributed by atoms with Gasteiger partial charge in [0.25, 0.3) is 5.56 Å². The predicted octanol–water partition coefficient (Wildman–Crippen LogP) is 3.21. The Hall–Kier alpha value is -2.42. The van der Waals surface area contributed by atoms with Crippen molar-refractivity contribution in [2.24, 2.45) is 0 Å². The van der Waals surface area contributed by atoms with Gasteiger partial charge < -0.3 is 14.4 Å². The highest BCUT2D eigenvalue weighted by Crippen LogP contribution is 2.22. The molecule has 31 heavy (non-hydrogen) atoms. The number of ether oxygens (including phenoxy) is 1. The summed E-state index contributed by atoms with van der Waals surface area (Å²) in [6, 6.07) is 9.12. The smallest absolute Gasteiger partial charge is 0.262 e. The van der Waals surface area contributed by atoms with Crippen molar-refractivity contribution in [1.82, 2.24) is 14.1 Å². The van der Waals surface area contributed by atoms with E-state index in [0.717, 1.165) is 24.4 Å². The van der Waals surface area contributed by atoms with Crippen molar-refractivity contribution in [2.45, 2.75) is 44.9 Å². The van der Waals surface area contributed by atoms with Crippen LogP contribution in [0.1, 0.15) is 34.6 Å². The zero-order valence-electron chi connectivity index (χ0n) is 18.3. The lowest BCUT2D eigenvalue weighted by molar-refractivity contribution is 0.102. The van der Waals surface area contributed by atoms with Gasteiger partial charge in [-0.3, -0.25) is 14.2 Å². The number of aliphatic hydroxyl groups excluding tert-OH is 1. The normalized spacial score (nSPS) is 11.4. The molecule has 0 spiro atoms. The number of rotatable bonds is 11. The number of hydrogen-bond donors (Lipinski definition) is 1. The largest absolute Gasteiger partial charge is 0.396 e. The number of aliphatic hydroxyl groups is 1. The molecule has 0 saturated heterocycles. The SMILES string of the molecule is COCCCn1c(C)cc(C(=O)CSc2nc3ccccc3c(=O)n2CCCO)c1C. The number of nitrogens with zero attached hydrogens (tertiary/aromatic N) is 3. The van der Waals surface area contributed by atoms with Gasteiger partial charge >= 0.3 is 0 Å². The van der Waals surface area contributed by atoms with Gasteiger partial charge in [0.05, 0.1) is 16.7 Å². The molecular weight excluding hydrogens is 414 g/mol. The third kappa shape index (κ3) is 5.26. The molecule has 2 heterocycles. The molecule has 0 atom stereocenters. The minimum Gasteiger partial charge on any atom is -0.396 e. The highest BCUT2D eigenvalue weighted by molar-refractivity contribution is 7.99. The summed E-state index contributed by atoms with van der Waals surface area (Å²) in [5.41, 5.74) is 3.16. The van der Waals surface area contributed by atoms with E-state index in [1.807, 2.05) is 26.0 Å². The van der Waals surface area contributed by atoms with E-state index in [2.05, 4.69) is 9.55 Å². The molecule has 8 heteroatoms. The number of hydrogen-bond acceptors (Lipinski definition) is 6. The molecular formula is C23H29N3O4S. The first-order valence-electron chi connectivity index (χ1n) is 10.4. The molecule has 0 fully saturated rings. The molecule has 166 valence electrons. The number of fused-ring (bicyclic) bond motifs is 1. The van der Waals surface area contributed by atoms with E-state index in [4.69, 9.17) is 4.74 Å². The second kappa shape index (κ2) is 10.7. The van der Waals surface area contributed by atoms with Crippen LogP contribution in [0.4, 0.5) is 0 Å². The summed E-state index contributed by atoms with van der Waals surface area (Å²) in [7, 11) is 1.68. The first-order valence-corrected chi connectivity index (χ1v) is 11.4. The number of ketones is 1. The maximum absolute atomic E-state index is 13.0. The summed E-state index contributed by atoms with van der Waals surface area (Å²) in [4.78, 5) is 30.5. The van der Waals surface area contributed by atoms with Gasteiger partial charge in [-0.2, -0.15) is 0 Å². The number of methoxy groups -OCH3 is 1. The third-order valence-electron chi connectivity index (χ3n) is 5.30. The quantitative estimate of drug-likeness (QED) is 0.212. The lowest BCUT2D eigenvalue weighted by Crippen LogP contribution is -2.24. The number of thioether (sulfide) groups is 1. The van der Waals surface area contributed by atoms with Gasteiger partial charge in [-0.15, -0.1) is 0 Å². The molecule has 0 aliphatic carbocycles. The van der Waals surface area contributed by atoms with Crippen molar-refractivity contribution in [3.8, 4) is 0 Å². The van der Waals surface area contributed by atoms with Gasteiger partial charge in [0.15, 0.2) is 10.9 Å². The lowest BCUT2D eigenvalue weighted by atomic mass is 10.2. The van der Waals surface area contributed by atoms with Gasteiger partial charge in [-0.05, 0) is 44.9 Å². The van der Waals surface area contributed by atoms with E-state index in [0.29, 0.717) is 41.2 Å². The molecule has 0 aliphatic rings. The fraction of sp³-hybridized carbons (Fsp3) is 0.435. The Balaban J connectivity index is 1.83. The Labute approximate surface area is 186 Å². The molecule has 3 rings (SSSR count).